The van der Waals surface area contributed by atoms with E-state index in [1.54, 1.807) is 0 Å². The van der Waals surface area contributed by atoms with E-state index in [0.29, 0.717) is 0 Å². The lowest BCUT2D eigenvalue weighted by atomic mass is 9.62. The first-order chi connectivity index (χ1) is 20.9. The largest absolute Gasteiger partial charge is 0.0622 e. The lowest BCUT2D eigenvalue weighted by Gasteiger charge is -2.41. The number of allylic oxidation sites excluding steroid dienone is 4. The molecule has 6 aromatic rings. The van der Waals surface area contributed by atoms with Gasteiger partial charge in [0.15, 0.2) is 0 Å². The fourth-order valence-corrected chi connectivity index (χ4v) is 6.65. The van der Waals surface area contributed by atoms with Crippen LogP contribution in [0.2, 0.25) is 0 Å². The van der Waals surface area contributed by atoms with Crippen molar-refractivity contribution in [2.45, 2.75) is 11.8 Å². The molecule has 0 heterocycles. The molecule has 0 unspecified atom stereocenters. The Labute approximate surface area is 249 Å². The molecule has 200 valence electrons. The van der Waals surface area contributed by atoms with E-state index in [2.05, 4.69) is 182 Å². The van der Waals surface area contributed by atoms with Gasteiger partial charge in [-0.3, -0.25) is 0 Å². The summed E-state index contributed by atoms with van der Waals surface area (Å²) in [5, 5.41) is 0. The van der Waals surface area contributed by atoms with Crippen molar-refractivity contribution in [2.75, 3.05) is 0 Å². The van der Waals surface area contributed by atoms with Crippen LogP contribution in [-0.2, 0) is 0 Å². The van der Waals surface area contributed by atoms with Crippen molar-refractivity contribution in [1.82, 2.24) is 0 Å². The van der Waals surface area contributed by atoms with Crippen LogP contribution in [-0.4, -0.2) is 0 Å². The van der Waals surface area contributed by atoms with Crippen molar-refractivity contribution in [3.63, 3.8) is 0 Å². The van der Waals surface area contributed by atoms with Crippen LogP contribution >= 0.6 is 0 Å². The fourth-order valence-electron chi connectivity index (χ4n) is 6.65. The summed E-state index contributed by atoms with van der Waals surface area (Å²) in [6.45, 7) is 0. The molecule has 0 amide bonds. The molecule has 0 aromatic heterocycles. The van der Waals surface area contributed by atoms with E-state index in [9.17, 15) is 0 Å². The van der Waals surface area contributed by atoms with Gasteiger partial charge in [0.1, 0.15) is 0 Å². The van der Waals surface area contributed by atoms with Crippen LogP contribution in [0.1, 0.15) is 45.2 Å². The molecule has 0 aliphatic heterocycles. The van der Waals surface area contributed by atoms with Gasteiger partial charge in [0.25, 0.3) is 0 Å². The van der Waals surface area contributed by atoms with E-state index >= 15 is 0 Å². The Kier molecular flexibility index (Phi) is 7.19. The smallest absolute Gasteiger partial charge is 0.0211 e. The van der Waals surface area contributed by atoms with E-state index in [0.717, 1.165) is 0 Å². The first-order valence-corrected chi connectivity index (χ1v) is 14.7. The van der Waals surface area contributed by atoms with E-state index < -0.39 is 0 Å². The summed E-state index contributed by atoms with van der Waals surface area (Å²) in [5.74, 6) is 0.183. The van der Waals surface area contributed by atoms with Gasteiger partial charge >= 0.3 is 0 Å². The molecule has 2 atom stereocenters. The van der Waals surface area contributed by atoms with Crippen LogP contribution in [0.4, 0.5) is 0 Å². The minimum Gasteiger partial charge on any atom is -0.0622 e. The molecule has 1 aliphatic rings. The Morgan fingerprint density at radius 1 is 0.238 bits per heavy atom. The van der Waals surface area contributed by atoms with Crippen molar-refractivity contribution < 1.29 is 0 Å². The Bertz CT molecular complexity index is 1680. The van der Waals surface area contributed by atoms with Crippen molar-refractivity contribution in [2.24, 2.45) is 0 Å². The molecule has 0 heteroatoms. The van der Waals surface area contributed by atoms with Crippen LogP contribution in [0.5, 0.6) is 0 Å². The van der Waals surface area contributed by atoms with E-state index in [4.69, 9.17) is 0 Å². The molecular weight excluding hydrogens is 504 g/mol. The third kappa shape index (κ3) is 4.82. The zero-order valence-electron chi connectivity index (χ0n) is 23.5. The molecule has 0 saturated heterocycles. The monoisotopic (exact) mass is 536 g/mol. The minimum atomic E-state index is 0.0916. The fraction of sp³-hybridized carbons (Fsp3) is 0.0476. The Balaban J connectivity index is 1.71. The van der Waals surface area contributed by atoms with Crippen molar-refractivity contribution in [3.8, 4) is 0 Å². The zero-order valence-corrected chi connectivity index (χ0v) is 23.5. The van der Waals surface area contributed by atoms with Crippen molar-refractivity contribution >= 4 is 22.3 Å². The molecule has 0 nitrogen and oxygen atoms in total. The number of hydrogen-bond acceptors (Lipinski definition) is 0. The van der Waals surface area contributed by atoms with Gasteiger partial charge in [-0.25, -0.2) is 0 Å². The van der Waals surface area contributed by atoms with Crippen molar-refractivity contribution in [3.05, 3.63) is 215 Å². The highest BCUT2D eigenvalue weighted by molar-refractivity contribution is 6.25. The molecule has 42 heavy (non-hydrogen) atoms. The summed E-state index contributed by atoms with van der Waals surface area (Å²) in [4.78, 5) is 0. The maximum atomic E-state index is 2.31. The lowest BCUT2D eigenvalue weighted by Crippen LogP contribution is -2.22. The summed E-state index contributed by atoms with van der Waals surface area (Å²) >= 11 is 0. The second-order valence-corrected chi connectivity index (χ2v) is 10.8. The van der Waals surface area contributed by atoms with E-state index in [1.165, 1.54) is 55.7 Å². The average Bonchev–Trinajstić information content (AvgIpc) is 3.09. The summed E-state index contributed by atoms with van der Waals surface area (Å²) in [6, 6.07) is 66.2. The third-order valence-electron chi connectivity index (χ3n) is 8.36. The quantitative estimate of drug-likeness (QED) is 0.199. The predicted molar refractivity (Wildman–Crippen MR) is 178 cm³/mol. The van der Waals surface area contributed by atoms with Gasteiger partial charge in [0, 0.05) is 11.8 Å². The van der Waals surface area contributed by atoms with E-state index in [-0.39, 0.29) is 11.8 Å². The number of benzene rings is 6. The topological polar surface area (TPSA) is 0 Å². The van der Waals surface area contributed by atoms with Crippen LogP contribution in [0.25, 0.3) is 22.3 Å². The van der Waals surface area contributed by atoms with Crippen LogP contribution in [0.15, 0.2) is 182 Å². The molecular formula is C42H32. The highest BCUT2D eigenvalue weighted by Gasteiger charge is 2.40. The SMILES string of the molecule is c1ccc(C2=C(c3ccccc3)[C@H](c3ccccc3)[C@H](c3ccccc3)C(c3ccccc3)=C2c2ccccc2)cc1. The van der Waals surface area contributed by atoms with Gasteiger partial charge < -0.3 is 0 Å². The highest BCUT2D eigenvalue weighted by Crippen LogP contribution is 2.60. The molecule has 0 saturated carbocycles. The molecule has 1 aliphatic carbocycles. The second-order valence-electron chi connectivity index (χ2n) is 10.8. The Morgan fingerprint density at radius 2 is 0.476 bits per heavy atom. The molecule has 0 radical (unpaired) electrons. The molecule has 6 aromatic carbocycles. The van der Waals surface area contributed by atoms with Crippen LogP contribution in [0, 0.1) is 0 Å². The summed E-state index contributed by atoms with van der Waals surface area (Å²) in [7, 11) is 0. The summed E-state index contributed by atoms with van der Waals surface area (Å²) < 4.78 is 0. The van der Waals surface area contributed by atoms with Gasteiger partial charge in [-0.1, -0.05) is 182 Å². The maximum absolute atomic E-state index is 2.31. The number of hydrogen-bond donors (Lipinski definition) is 0. The summed E-state index contributed by atoms with van der Waals surface area (Å²) in [6.07, 6.45) is 0. The first kappa shape index (κ1) is 25.7. The van der Waals surface area contributed by atoms with Gasteiger partial charge in [0.2, 0.25) is 0 Å². The third-order valence-corrected chi connectivity index (χ3v) is 8.36. The van der Waals surface area contributed by atoms with E-state index in [1.807, 2.05) is 0 Å². The van der Waals surface area contributed by atoms with Gasteiger partial charge in [0.05, 0.1) is 0 Å². The van der Waals surface area contributed by atoms with Gasteiger partial charge in [-0.2, -0.15) is 0 Å². The van der Waals surface area contributed by atoms with Crippen molar-refractivity contribution in [1.29, 1.82) is 0 Å². The second kappa shape index (κ2) is 11.7. The average molecular weight is 537 g/mol. The van der Waals surface area contributed by atoms with Crippen LogP contribution < -0.4 is 0 Å². The number of rotatable bonds is 6. The molecule has 0 N–H and O–H groups in total. The van der Waals surface area contributed by atoms with Crippen LogP contribution in [0.3, 0.4) is 0 Å². The van der Waals surface area contributed by atoms with Gasteiger partial charge in [-0.15, -0.1) is 0 Å². The van der Waals surface area contributed by atoms with Gasteiger partial charge in [-0.05, 0) is 55.7 Å². The normalized spacial score (nSPS) is 16.9. The molecule has 0 fully saturated rings. The Morgan fingerprint density at radius 3 is 0.762 bits per heavy atom. The molecule has 0 bridgehead atoms. The standard InChI is InChI=1S/C42H32/c1-7-19-31(20-8-1)37-38(32-21-9-2-10-22-32)40(34-25-13-4-14-26-34)42(36-29-17-6-18-30-36)41(35-27-15-5-16-28-35)39(37)33-23-11-3-12-24-33/h1-30,37-38H/t37-,38+. The molecule has 0 spiro atoms. The molecule has 7 rings (SSSR count). The lowest BCUT2D eigenvalue weighted by molar-refractivity contribution is 0.766. The highest BCUT2D eigenvalue weighted by atomic mass is 14.4. The summed E-state index contributed by atoms with van der Waals surface area (Å²) in [5.41, 5.74) is 12.9. The minimum absolute atomic E-state index is 0.0916. The first-order valence-electron chi connectivity index (χ1n) is 14.7. The Hall–Kier alpha value is -5.20. The zero-order chi connectivity index (χ0) is 28.1. The predicted octanol–water partition coefficient (Wildman–Crippen LogP) is 10.8. The maximum Gasteiger partial charge on any atom is 0.0211 e.